The van der Waals surface area contributed by atoms with Crippen LogP contribution in [0.3, 0.4) is 0 Å². The average Bonchev–Trinajstić information content (AvgIpc) is 3.21. The van der Waals surface area contributed by atoms with Crippen LogP contribution in [-0.4, -0.2) is 17.8 Å². The van der Waals surface area contributed by atoms with E-state index in [4.69, 9.17) is 9.15 Å². The van der Waals surface area contributed by atoms with Gasteiger partial charge in [0.05, 0.1) is 24.1 Å². The van der Waals surface area contributed by atoms with Crippen molar-refractivity contribution in [2.45, 2.75) is 20.8 Å². The average molecular weight is 420 g/mol. The first-order chi connectivity index (χ1) is 14.4. The van der Waals surface area contributed by atoms with E-state index in [1.165, 1.54) is 22.5 Å². The molecule has 0 fully saturated rings. The van der Waals surface area contributed by atoms with Crippen LogP contribution in [0.15, 0.2) is 62.2 Å². The van der Waals surface area contributed by atoms with Crippen LogP contribution in [-0.2, 0) is 0 Å². The fraction of sp³-hybridized carbons (Fsp3) is 0.174. The number of hydrogen-bond donors (Lipinski definition) is 1. The fourth-order valence-electron chi connectivity index (χ4n) is 3.13. The van der Waals surface area contributed by atoms with Crippen LogP contribution in [0, 0.1) is 13.8 Å². The number of aryl methyl sites for hydroxylation is 2. The quantitative estimate of drug-likeness (QED) is 0.267. The van der Waals surface area contributed by atoms with Gasteiger partial charge in [0.1, 0.15) is 11.3 Å². The maximum atomic E-state index is 12.4. The van der Waals surface area contributed by atoms with E-state index in [1.54, 1.807) is 32.2 Å². The summed E-state index contributed by atoms with van der Waals surface area (Å²) in [6.45, 7) is 5.88. The standard InChI is InChI=1S/C23H21N3O3S/c1-13-5-6-14(2)18(9-13)20-12-30-23(24-20)26-25-15(3)19-11-16-10-17(28-4)7-8-21(16)29-22(19)27/h5-12H,1-4H3,(H,24,26)/b25-15-. The maximum Gasteiger partial charge on any atom is 0.345 e. The Hall–Kier alpha value is -3.45. The number of hydrazone groups is 1. The number of anilines is 1. The molecule has 0 aliphatic carbocycles. The van der Waals surface area contributed by atoms with Crippen molar-refractivity contribution in [1.29, 1.82) is 0 Å². The van der Waals surface area contributed by atoms with Gasteiger partial charge in [0.15, 0.2) is 0 Å². The van der Waals surface area contributed by atoms with Gasteiger partial charge >= 0.3 is 5.63 Å². The molecule has 0 radical (unpaired) electrons. The Morgan fingerprint density at radius 2 is 2.00 bits per heavy atom. The normalized spacial score (nSPS) is 11.7. The van der Waals surface area contributed by atoms with Crippen molar-refractivity contribution < 1.29 is 9.15 Å². The van der Waals surface area contributed by atoms with E-state index >= 15 is 0 Å². The zero-order valence-electron chi connectivity index (χ0n) is 17.1. The van der Waals surface area contributed by atoms with Gasteiger partial charge in [-0.15, -0.1) is 11.3 Å². The number of fused-ring (bicyclic) bond motifs is 1. The van der Waals surface area contributed by atoms with Crippen molar-refractivity contribution in [3.05, 3.63) is 75.0 Å². The number of rotatable bonds is 5. The molecule has 0 amide bonds. The molecular weight excluding hydrogens is 398 g/mol. The minimum absolute atomic E-state index is 0.384. The van der Waals surface area contributed by atoms with Crippen LogP contribution in [0.4, 0.5) is 5.13 Å². The predicted octanol–water partition coefficient (Wildman–Crippen LogP) is 5.38. The van der Waals surface area contributed by atoms with Gasteiger partial charge in [0, 0.05) is 16.3 Å². The number of nitrogens with zero attached hydrogens (tertiary/aromatic N) is 2. The van der Waals surface area contributed by atoms with Crippen LogP contribution >= 0.6 is 11.3 Å². The topological polar surface area (TPSA) is 76.7 Å². The molecule has 0 unspecified atom stereocenters. The van der Waals surface area contributed by atoms with Gasteiger partial charge < -0.3 is 9.15 Å². The van der Waals surface area contributed by atoms with Crippen molar-refractivity contribution in [3.8, 4) is 17.0 Å². The third kappa shape index (κ3) is 3.97. The molecule has 0 atom stereocenters. The van der Waals surface area contributed by atoms with E-state index in [2.05, 4.69) is 47.6 Å². The summed E-state index contributed by atoms with van der Waals surface area (Å²) in [5.74, 6) is 0.691. The minimum Gasteiger partial charge on any atom is -0.497 e. The highest BCUT2D eigenvalue weighted by molar-refractivity contribution is 7.14. The molecule has 2 heterocycles. The zero-order chi connectivity index (χ0) is 21.3. The first-order valence-electron chi connectivity index (χ1n) is 9.40. The molecule has 0 saturated heterocycles. The summed E-state index contributed by atoms with van der Waals surface area (Å²) < 4.78 is 10.7. The lowest BCUT2D eigenvalue weighted by molar-refractivity contribution is 0.415. The van der Waals surface area contributed by atoms with Crippen molar-refractivity contribution in [2.75, 3.05) is 12.5 Å². The van der Waals surface area contributed by atoms with Gasteiger partial charge in [-0.2, -0.15) is 5.10 Å². The van der Waals surface area contributed by atoms with Crippen molar-refractivity contribution in [2.24, 2.45) is 5.10 Å². The van der Waals surface area contributed by atoms with Crippen LogP contribution in [0.2, 0.25) is 0 Å². The molecule has 0 spiro atoms. The lowest BCUT2D eigenvalue weighted by Gasteiger charge is -2.05. The summed E-state index contributed by atoms with van der Waals surface area (Å²) in [4.78, 5) is 17.0. The van der Waals surface area contributed by atoms with Crippen LogP contribution in [0.25, 0.3) is 22.2 Å². The van der Waals surface area contributed by atoms with Gasteiger partial charge in [-0.05, 0) is 56.7 Å². The second-order valence-corrected chi connectivity index (χ2v) is 7.87. The molecule has 4 rings (SSSR count). The third-order valence-corrected chi connectivity index (χ3v) is 5.57. The van der Waals surface area contributed by atoms with Crippen LogP contribution in [0.1, 0.15) is 23.6 Å². The summed E-state index contributed by atoms with van der Waals surface area (Å²) in [6, 6.07) is 13.3. The third-order valence-electron chi connectivity index (χ3n) is 4.82. The number of benzene rings is 2. The van der Waals surface area contributed by atoms with Crippen molar-refractivity contribution in [3.63, 3.8) is 0 Å². The Bertz CT molecular complexity index is 1320. The first-order valence-corrected chi connectivity index (χ1v) is 10.3. The Balaban J connectivity index is 1.60. The zero-order valence-corrected chi connectivity index (χ0v) is 18.0. The molecule has 30 heavy (non-hydrogen) atoms. The van der Waals surface area contributed by atoms with Crippen LogP contribution in [0.5, 0.6) is 5.75 Å². The summed E-state index contributed by atoms with van der Waals surface area (Å²) in [6.07, 6.45) is 0. The molecule has 4 aromatic rings. The largest absolute Gasteiger partial charge is 0.497 e. The number of methoxy groups -OCH3 is 1. The molecule has 1 N–H and O–H groups in total. The summed E-state index contributed by atoms with van der Waals surface area (Å²) in [5, 5.41) is 7.76. The molecule has 152 valence electrons. The summed E-state index contributed by atoms with van der Waals surface area (Å²) >= 11 is 1.46. The SMILES string of the molecule is COc1ccc2oc(=O)c(/C(C)=N\Nc3nc(-c4cc(C)ccc4C)cs3)cc2c1. The lowest BCUT2D eigenvalue weighted by Crippen LogP contribution is -2.13. The number of thiazole rings is 1. The van der Waals surface area contributed by atoms with Gasteiger partial charge in [0.25, 0.3) is 0 Å². The first kappa shape index (κ1) is 19.8. The minimum atomic E-state index is -0.439. The second-order valence-electron chi connectivity index (χ2n) is 7.02. The van der Waals surface area contributed by atoms with E-state index in [1.807, 2.05) is 11.4 Å². The Morgan fingerprint density at radius 1 is 1.17 bits per heavy atom. The number of aromatic nitrogens is 1. The Morgan fingerprint density at radius 3 is 2.80 bits per heavy atom. The Labute approximate surface area is 177 Å². The maximum absolute atomic E-state index is 12.4. The lowest BCUT2D eigenvalue weighted by atomic mass is 10.0. The Kier molecular flexibility index (Phi) is 5.37. The molecule has 0 aliphatic heterocycles. The molecule has 7 heteroatoms. The molecule has 6 nitrogen and oxygen atoms in total. The van der Waals surface area contributed by atoms with Crippen molar-refractivity contribution in [1.82, 2.24) is 4.98 Å². The number of hydrogen-bond acceptors (Lipinski definition) is 7. The highest BCUT2D eigenvalue weighted by Crippen LogP contribution is 2.28. The summed E-state index contributed by atoms with van der Waals surface area (Å²) in [5.41, 5.74) is 8.27. The molecule has 2 aromatic carbocycles. The number of nitrogens with one attached hydrogen (secondary N) is 1. The van der Waals surface area contributed by atoms with E-state index < -0.39 is 5.63 Å². The van der Waals surface area contributed by atoms with Gasteiger partial charge in [-0.3, -0.25) is 5.43 Å². The van der Waals surface area contributed by atoms with Gasteiger partial charge in [0.2, 0.25) is 5.13 Å². The van der Waals surface area contributed by atoms with E-state index in [9.17, 15) is 4.79 Å². The molecule has 0 saturated carbocycles. The highest BCUT2D eigenvalue weighted by Gasteiger charge is 2.11. The van der Waals surface area contributed by atoms with Gasteiger partial charge in [-0.1, -0.05) is 17.7 Å². The molecular formula is C23H21N3O3S. The predicted molar refractivity (Wildman–Crippen MR) is 122 cm³/mol. The van der Waals surface area contributed by atoms with Crippen molar-refractivity contribution >= 4 is 33.1 Å². The molecule has 0 aliphatic rings. The van der Waals surface area contributed by atoms with Gasteiger partial charge in [-0.25, -0.2) is 9.78 Å². The van der Waals surface area contributed by atoms with E-state index in [0.29, 0.717) is 27.7 Å². The molecule has 2 aromatic heterocycles. The number of ether oxygens (including phenoxy) is 1. The fourth-order valence-corrected chi connectivity index (χ4v) is 3.79. The second kappa shape index (κ2) is 8.12. The molecule has 0 bridgehead atoms. The summed E-state index contributed by atoms with van der Waals surface area (Å²) in [7, 11) is 1.60. The van der Waals surface area contributed by atoms with Crippen LogP contribution < -0.4 is 15.8 Å². The monoisotopic (exact) mass is 419 g/mol. The van der Waals surface area contributed by atoms with E-state index in [0.717, 1.165) is 16.6 Å². The van der Waals surface area contributed by atoms with E-state index in [-0.39, 0.29) is 0 Å². The highest BCUT2D eigenvalue weighted by atomic mass is 32.1. The smallest absolute Gasteiger partial charge is 0.345 e.